The highest BCUT2D eigenvalue weighted by Gasteiger charge is 2.35. The Balaban J connectivity index is 1.55. The maximum Gasteiger partial charge on any atom is 0.291 e. The van der Waals surface area contributed by atoms with Crippen LogP contribution in [0, 0.1) is 5.92 Å². The molecule has 0 unspecified atom stereocenters. The fourth-order valence-electron chi connectivity index (χ4n) is 3.05. The summed E-state index contributed by atoms with van der Waals surface area (Å²) in [6.45, 7) is 0.792. The Morgan fingerprint density at radius 2 is 2.09 bits per heavy atom. The summed E-state index contributed by atoms with van der Waals surface area (Å²) in [5, 5.41) is 2.84. The molecule has 2 aliphatic rings. The van der Waals surface area contributed by atoms with Crippen molar-refractivity contribution in [1.82, 2.24) is 0 Å². The third-order valence-corrected chi connectivity index (χ3v) is 4.39. The Hall–Kier alpha value is -2.56. The largest absolute Gasteiger partial charge is 0.459 e. The molecule has 5 nitrogen and oxygen atoms in total. The molecule has 0 spiro atoms. The van der Waals surface area contributed by atoms with Crippen LogP contribution in [0.3, 0.4) is 0 Å². The number of carbonyl (C=O) groups excluding carboxylic acids is 2. The molecule has 0 saturated heterocycles. The van der Waals surface area contributed by atoms with Gasteiger partial charge in [-0.15, -0.1) is 0 Å². The van der Waals surface area contributed by atoms with Crippen molar-refractivity contribution in [3.8, 4) is 0 Å². The zero-order valence-corrected chi connectivity index (χ0v) is 12.7. The van der Waals surface area contributed by atoms with Crippen LogP contribution in [-0.4, -0.2) is 18.4 Å². The zero-order valence-electron chi connectivity index (χ0n) is 12.7. The lowest BCUT2D eigenvalue weighted by atomic mass is 10.0. The molecule has 5 heteroatoms. The van der Waals surface area contributed by atoms with Crippen LogP contribution >= 0.6 is 0 Å². The minimum absolute atomic E-state index is 0.222. The van der Waals surface area contributed by atoms with Crippen molar-refractivity contribution in [2.45, 2.75) is 25.7 Å². The van der Waals surface area contributed by atoms with E-state index >= 15 is 0 Å². The average Bonchev–Trinajstić information content (AvgIpc) is 3.27. The molecule has 1 saturated carbocycles. The first-order valence-corrected chi connectivity index (χ1v) is 8.01. The zero-order chi connectivity index (χ0) is 15.8. The number of carbonyl (C=O) groups is 2. The van der Waals surface area contributed by atoms with Crippen molar-refractivity contribution in [3.63, 3.8) is 0 Å². The topological polar surface area (TPSA) is 62.6 Å². The summed E-state index contributed by atoms with van der Waals surface area (Å²) < 4.78 is 5.10. The Bertz CT molecular complexity index is 748. The molecule has 2 heterocycles. The summed E-state index contributed by atoms with van der Waals surface area (Å²) in [6, 6.07) is 9.06. The minimum Gasteiger partial charge on any atom is -0.459 e. The number of fused-ring (bicyclic) bond motifs is 1. The number of hydrogen-bond donors (Lipinski definition) is 1. The van der Waals surface area contributed by atoms with Crippen molar-refractivity contribution in [1.29, 1.82) is 0 Å². The molecule has 0 radical (unpaired) electrons. The number of rotatable bonds is 3. The molecule has 1 N–H and O–H groups in total. The van der Waals surface area contributed by atoms with Gasteiger partial charge in [0, 0.05) is 23.8 Å². The second-order valence-corrected chi connectivity index (χ2v) is 6.14. The molecule has 118 valence electrons. The monoisotopic (exact) mass is 310 g/mol. The van der Waals surface area contributed by atoms with Crippen LogP contribution in [-0.2, 0) is 11.2 Å². The fourth-order valence-corrected chi connectivity index (χ4v) is 3.05. The lowest BCUT2D eigenvalue weighted by Crippen LogP contribution is -2.36. The maximum absolute atomic E-state index is 12.4. The highest BCUT2D eigenvalue weighted by molar-refractivity contribution is 6.03. The predicted octanol–water partition coefficient (Wildman–Crippen LogP) is 3.22. The lowest BCUT2D eigenvalue weighted by molar-refractivity contribution is -0.119. The Morgan fingerprint density at radius 1 is 1.22 bits per heavy atom. The average molecular weight is 310 g/mol. The van der Waals surface area contributed by atoms with Crippen LogP contribution < -0.4 is 10.2 Å². The van der Waals surface area contributed by atoms with Crippen molar-refractivity contribution >= 4 is 23.2 Å². The first-order valence-electron chi connectivity index (χ1n) is 8.01. The highest BCUT2D eigenvalue weighted by Crippen LogP contribution is 2.36. The van der Waals surface area contributed by atoms with E-state index in [1.807, 2.05) is 23.1 Å². The van der Waals surface area contributed by atoms with Gasteiger partial charge in [0.2, 0.25) is 5.91 Å². The van der Waals surface area contributed by atoms with Crippen LogP contribution in [0.15, 0.2) is 41.0 Å². The molecule has 2 amide bonds. The Labute approximate surface area is 134 Å². The number of aryl methyl sites for hydroxylation is 1. The van der Waals surface area contributed by atoms with Gasteiger partial charge in [0.15, 0.2) is 5.76 Å². The van der Waals surface area contributed by atoms with E-state index < -0.39 is 0 Å². The maximum atomic E-state index is 12.4. The summed E-state index contributed by atoms with van der Waals surface area (Å²) in [6.07, 6.45) is 5.39. The SMILES string of the molecule is O=C(Nc1ccc2c(c1)CCCN2C(=O)C1CC1)c1ccco1. The smallest absolute Gasteiger partial charge is 0.291 e. The van der Waals surface area contributed by atoms with Crippen LogP contribution in [0.5, 0.6) is 0 Å². The highest BCUT2D eigenvalue weighted by atomic mass is 16.3. The molecule has 1 aliphatic carbocycles. The van der Waals surface area contributed by atoms with Crippen LogP contribution in [0.25, 0.3) is 0 Å². The molecule has 1 fully saturated rings. The van der Waals surface area contributed by atoms with Gasteiger partial charge < -0.3 is 14.6 Å². The van der Waals surface area contributed by atoms with Crippen molar-refractivity contribution < 1.29 is 14.0 Å². The third kappa shape index (κ3) is 2.74. The van der Waals surface area contributed by atoms with Gasteiger partial charge >= 0.3 is 0 Å². The molecule has 1 aliphatic heterocycles. The molecule has 4 rings (SSSR count). The second-order valence-electron chi connectivity index (χ2n) is 6.14. The van der Waals surface area contributed by atoms with Gasteiger partial charge in [-0.25, -0.2) is 0 Å². The van der Waals surface area contributed by atoms with Gasteiger partial charge in [0.1, 0.15) is 0 Å². The number of nitrogens with one attached hydrogen (secondary N) is 1. The number of anilines is 2. The molecule has 23 heavy (non-hydrogen) atoms. The van der Waals surface area contributed by atoms with Crippen LogP contribution in [0.4, 0.5) is 11.4 Å². The predicted molar refractivity (Wildman–Crippen MR) is 86.5 cm³/mol. The van der Waals surface area contributed by atoms with Crippen molar-refractivity contribution in [3.05, 3.63) is 47.9 Å². The standard InChI is InChI=1S/C18H18N2O3/c21-17(16-4-2-10-23-16)19-14-7-8-15-13(11-14)3-1-9-20(15)18(22)12-5-6-12/h2,4,7-8,10-12H,1,3,5-6,9H2,(H,19,21). The fraction of sp³-hybridized carbons (Fsp3) is 0.333. The summed E-state index contributed by atoms with van der Waals surface area (Å²) >= 11 is 0. The molecule has 2 aromatic rings. The number of hydrogen-bond acceptors (Lipinski definition) is 3. The number of furan rings is 1. The van der Waals surface area contributed by atoms with E-state index in [0.717, 1.165) is 49.2 Å². The van der Waals surface area contributed by atoms with Crippen molar-refractivity contribution in [2.75, 3.05) is 16.8 Å². The quantitative estimate of drug-likeness (QED) is 0.946. The van der Waals surface area contributed by atoms with E-state index in [9.17, 15) is 9.59 Å². The number of amides is 2. The van der Waals surface area contributed by atoms with E-state index in [1.54, 1.807) is 12.1 Å². The molecule has 0 bridgehead atoms. The lowest BCUT2D eigenvalue weighted by Gasteiger charge is -2.30. The van der Waals surface area contributed by atoms with Gasteiger partial charge in [0.05, 0.1) is 6.26 Å². The summed E-state index contributed by atoms with van der Waals surface area (Å²) in [5.41, 5.74) is 2.83. The molecular formula is C18H18N2O3. The van der Waals surface area contributed by atoms with Crippen LogP contribution in [0.1, 0.15) is 35.4 Å². The molecule has 1 aromatic heterocycles. The van der Waals surface area contributed by atoms with Gasteiger partial charge in [-0.3, -0.25) is 9.59 Å². The van der Waals surface area contributed by atoms with Crippen molar-refractivity contribution in [2.24, 2.45) is 5.92 Å². The molecular weight excluding hydrogens is 292 g/mol. The van der Waals surface area contributed by atoms with E-state index in [2.05, 4.69) is 5.32 Å². The van der Waals surface area contributed by atoms with E-state index in [1.165, 1.54) is 6.26 Å². The Kier molecular flexibility index (Phi) is 3.41. The summed E-state index contributed by atoms with van der Waals surface area (Å²) in [7, 11) is 0. The number of nitrogens with zero attached hydrogens (tertiary/aromatic N) is 1. The van der Waals surface area contributed by atoms with E-state index in [4.69, 9.17) is 4.42 Å². The van der Waals surface area contributed by atoms with E-state index in [0.29, 0.717) is 0 Å². The molecule has 0 atom stereocenters. The van der Waals surface area contributed by atoms with Gasteiger partial charge in [0.25, 0.3) is 5.91 Å². The summed E-state index contributed by atoms with van der Waals surface area (Å²) in [4.78, 5) is 26.3. The van der Waals surface area contributed by atoms with Gasteiger partial charge in [-0.05, 0) is 61.6 Å². The number of benzene rings is 1. The second kappa shape index (κ2) is 5.57. The Morgan fingerprint density at radius 3 is 2.83 bits per heavy atom. The van der Waals surface area contributed by atoms with Gasteiger partial charge in [-0.2, -0.15) is 0 Å². The van der Waals surface area contributed by atoms with E-state index in [-0.39, 0.29) is 23.5 Å². The first kappa shape index (κ1) is 14.1. The van der Waals surface area contributed by atoms with Gasteiger partial charge in [-0.1, -0.05) is 0 Å². The first-order chi connectivity index (χ1) is 11.2. The third-order valence-electron chi connectivity index (χ3n) is 4.39. The minimum atomic E-state index is -0.267. The summed E-state index contributed by atoms with van der Waals surface area (Å²) in [5.74, 6) is 0.488. The normalized spacial score (nSPS) is 16.8. The molecule has 1 aromatic carbocycles. The van der Waals surface area contributed by atoms with Crippen LogP contribution in [0.2, 0.25) is 0 Å².